The highest BCUT2D eigenvalue weighted by molar-refractivity contribution is 5.90. The number of rotatable bonds is 5. The van der Waals surface area contributed by atoms with Crippen LogP contribution in [0.4, 0.5) is 0 Å². The fourth-order valence-corrected chi connectivity index (χ4v) is 2.26. The maximum Gasteiger partial charge on any atom is 0.293 e. The van der Waals surface area contributed by atoms with E-state index in [-0.39, 0.29) is 11.7 Å². The molecular weight excluding hydrogens is 266 g/mol. The number of aromatic nitrogens is 4. The van der Waals surface area contributed by atoms with Gasteiger partial charge in [0.2, 0.25) is 5.82 Å². The van der Waals surface area contributed by atoms with Crippen molar-refractivity contribution in [2.24, 2.45) is 0 Å². The zero-order chi connectivity index (χ0) is 14.8. The van der Waals surface area contributed by atoms with Crippen molar-refractivity contribution in [1.82, 2.24) is 25.1 Å². The van der Waals surface area contributed by atoms with Gasteiger partial charge in [-0.1, -0.05) is 6.07 Å². The molecule has 110 valence electrons. The second-order valence-electron chi connectivity index (χ2n) is 5.41. The predicted octanol–water partition coefficient (Wildman–Crippen LogP) is 2.05. The smallest absolute Gasteiger partial charge is 0.293 e. The number of aromatic amines is 1. The largest absolute Gasteiger partial charge is 0.330 e. The minimum atomic E-state index is -0.149. The molecule has 1 fully saturated rings. The Morgan fingerprint density at radius 2 is 2.19 bits per heavy atom. The number of carbonyl (C=O) groups excluding carboxylic acids is 1. The summed E-state index contributed by atoms with van der Waals surface area (Å²) in [7, 11) is 0. The molecule has 6 nitrogen and oxygen atoms in total. The van der Waals surface area contributed by atoms with Crippen molar-refractivity contribution in [1.29, 1.82) is 0 Å². The Kier molecular flexibility index (Phi) is 3.68. The summed E-state index contributed by atoms with van der Waals surface area (Å²) < 4.78 is 0. The third-order valence-electron chi connectivity index (χ3n) is 3.63. The van der Waals surface area contributed by atoms with E-state index >= 15 is 0 Å². The van der Waals surface area contributed by atoms with Gasteiger partial charge < -0.3 is 4.90 Å². The van der Waals surface area contributed by atoms with E-state index in [1.807, 2.05) is 32.0 Å². The van der Waals surface area contributed by atoms with E-state index in [1.54, 1.807) is 4.90 Å². The van der Waals surface area contributed by atoms with Crippen LogP contribution in [0.15, 0.2) is 18.2 Å². The van der Waals surface area contributed by atoms with Gasteiger partial charge in [-0.3, -0.25) is 14.9 Å². The van der Waals surface area contributed by atoms with Gasteiger partial charge in [0.25, 0.3) is 5.91 Å². The Labute approximate surface area is 123 Å². The third-order valence-corrected chi connectivity index (χ3v) is 3.63. The van der Waals surface area contributed by atoms with E-state index < -0.39 is 0 Å². The Morgan fingerprint density at radius 1 is 1.38 bits per heavy atom. The molecule has 0 unspecified atom stereocenters. The van der Waals surface area contributed by atoms with Gasteiger partial charge in [-0.2, -0.15) is 0 Å². The van der Waals surface area contributed by atoms with Gasteiger partial charge in [0.15, 0.2) is 0 Å². The number of hydrogen-bond acceptors (Lipinski definition) is 4. The highest BCUT2D eigenvalue weighted by Crippen LogP contribution is 2.37. The topological polar surface area (TPSA) is 74.8 Å². The zero-order valence-electron chi connectivity index (χ0n) is 12.3. The summed E-state index contributed by atoms with van der Waals surface area (Å²) in [5, 5.41) is 6.93. The minimum absolute atomic E-state index is 0.149. The van der Waals surface area contributed by atoms with Crippen molar-refractivity contribution < 1.29 is 4.79 Å². The Balaban J connectivity index is 1.73. The number of H-pyrrole nitrogens is 1. The second kappa shape index (κ2) is 5.63. The van der Waals surface area contributed by atoms with E-state index in [2.05, 4.69) is 20.2 Å². The molecule has 0 saturated heterocycles. The molecule has 2 aromatic heterocycles. The first-order valence-corrected chi connectivity index (χ1v) is 7.31. The molecule has 0 aliphatic heterocycles. The minimum Gasteiger partial charge on any atom is -0.330 e. The van der Waals surface area contributed by atoms with Crippen LogP contribution in [0, 0.1) is 6.92 Å². The van der Waals surface area contributed by atoms with E-state index in [4.69, 9.17) is 0 Å². The molecule has 2 aromatic rings. The average Bonchev–Trinajstić information content (AvgIpc) is 3.22. The number of aryl methyl sites for hydroxylation is 1. The van der Waals surface area contributed by atoms with E-state index in [0.29, 0.717) is 19.0 Å². The Bertz CT molecular complexity index is 647. The van der Waals surface area contributed by atoms with Crippen LogP contribution in [-0.2, 0) is 6.54 Å². The van der Waals surface area contributed by atoms with E-state index in [1.165, 1.54) is 0 Å². The lowest BCUT2D eigenvalue weighted by atomic mass is 10.3. The number of pyridine rings is 1. The number of amides is 1. The van der Waals surface area contributed by atoms with Gasteiger partial charge in [0.1, 0.15) is 5.82 Å². The van der Waals surface area contributed by atoms with Gasteiger partial charge in [0.05, 0.1) is 12.2 Å². The van der Waals surface area contributed by atoms with Gasteiger partial charge in [0, 0.05) is 18.2 Å². The highest BCUT2D eigenvalue weighted by atomic mass is 16.2. The van der Waals surface area contributed by atoms with Crippen molar-refractivity contribution in [3.8, 4) is 0 Å². The zero-order valence-corrected chi connectivity index (χ0v) is 12.3. The molecule has 6 heteroatoms. The summed E-state index contributed by atoms with van der Waals surface area (Å²) in [6.45, 7) is 4.97. The SMILES string of the molecule is CCN(Cc1cccc(C)n1)C(=O)c1n[nH]c(C2CC2)n1. The normalized spacial score (nSPS) is 14.2. The maximum atomic E-state index is 12.5. The lowest BCUT2D eigenvalue weighted by molar-refractivity contribution is 0.0738. The fourth-order valence-electron chi connectivity index (χ4n) is 2.26. The van der Waals surface area contributed by atoms with Crippen LogP contribution in [-0.4, -0.2) is 37.5 Å². The van der Waals surface area contributed by atoms with Crippen LogP contribution in [0.3, 0.4) is 0 Å². The van der Waals surface area contributed by atoms with Gasteiger partial charge in [-0.15, -0.1) is 5.10 Å². The standard InChI is InChI=1S/C15H19N5O/c1-3-20(9-12-6-4-5-10(2)16-12)15(21)14-17-13(18-19-14)11-7-8-11/h4-6,11H,3,7-9H2,1-2H3,(H,17,18,19). The number of nitrogens with one attached hydrogen (secondary N) is 1. The summed E-state index contributed by atoms with van der Waals surface area (Å²) in [6.07, 6.45) is 2.26. The first kappa shape index (κ1) is 13.7. The second-order valence-corrected chi connectivity index (χ2v) is 5.41. The van der Waals surface area contributed by atoms with Crippen LogP contribution in [0.5, 0.6) is 0 Å². The first-order valence-electron chi connectivity index (χ1n) is 7.31. The van der Waals surface area contributed by atoms with Crippen LogP contribution in [0.1, 0.15) is 53.5 Å². The lowest BCUT2D eigenvalue weighted by Gasteiger charge is -2.18. The van der Waals surface area contributed by atoms with Crippen LogP contribution in [0.25, 0.3) is 0 Å². The lowest BCUT2D eigenvalue weighted by Crippen LogP contribution is -2.31. The molecule has 3 rings (SSSR count). The molecule has 2 heterocycles. The van der Waals surface area contributed by atoms with Gasteiger partial charge >= 0.3 is 0 Å². The van der Waals surface area contributed by atoms with E-state index in [0.717, 1.165) is 30.1 Å². The summed E-state index contributed by atoms with van der Waals surface area (Å²) in [6, 6.07) is 5.82. The molecule has 0 bridgehead atoms. The Morgan fingerprint density at radius 3 is 2.86 bits per heavy atom. The quantitative estimate of drug-likeness (QED) is 0.912. The molecule has 1 amide bonds. The molecule has 1 aliphatic carbocycles. The van der Waals surface area contributed by atoms with Crippen LogP contribution in [0.2, 0.25) is 0 Å². The molecule has 1 aliphatic rings. The molecular formula is C15H19N5O. The van der Waals surface area contributed by atoms with Crippen molar-refractivity contribution in [2.45, 2.75) is 39.2 Å². The molecule has 0 radical (unpaired) electrons. The van der Waals surface area contributed by atoms with Crippen LogP contribution < -0.4 is 0 Å². The first-order chi connectivity index (χ1) is 10.2. The summed E-state index contributed by atoms with van der Waals surface area (Å²) in [4.78, 5) is 22.9. The monoisotopic (exact) mass is 285 g/mol. The van der Waals surface area contributed by atoms with E-state index in [9.17, 15) is 4.79 Å². The predicted molar refractivity (Wildman–Crippen MR) is 77.7 cm³/mol. The third kappa shape index (κ3) is 3.09. The molecule has 1 N–H and O–H groups in total. The summed E-state index contributed by atoms with van der Waals surface area (Å²) in [5.41, 5.74) is 1.83. The van der Waals surface area contributed by atoms with Crippen molar-refractivity contribution in [3.05, 3.63) is 41.2 Å². The maximum absolute atomic E-state index is 12.5. The number of hydrogen-bond donors (Lipinski definition) is 1. The average molecular weight is 285 g/mol. The summed E-state index contributed by atoms with van der Waals surface area (Å²) >= 11 is 0. The molecule has 21 heavy (non-hydrogen) atoms. The van der Waals surface area contributed by atoms with Crippen molar-refractivity contribution in [3.63, 3.8) is 0 Å². The number of carbonyl (C=O) groups is 1. The Hall–Kier alpha value is -2.24. The van der Waals surface area contributed by atoms with Gasteiger partial charge in [-0.05, 0) is 38.8 Å². The summed E-state index contributed by atoms with van der Waals surface area (Å²) in [5.74, 6) is 1.41. The van der Waals surface area contributed by atoms with Crippen LogP contribution >= 0.6 is 0 Å². The van der Waals surface area contributed by atoms with Crippen molar-refractivity contribution >= 4 is 5.91 Å². The molecule has 0 spiro atoms. The fraction of sp³-hybridized carbons (Fsp3) is 0.467. The number of nitrogens with zero attached hydrogens (tertiary/aromatic N) is 4. The van der Waals surface area contributed by atoms with Crippen molar-refractivity contribution in [2.75, 3.05) is 6.54 Å². The molecule has 0 atom stereocenters. The highest BCUT2D eigenvalue weighted by Gasteiger charge is 2.29. The van der Waals surface area contributed by atoms with Gasteiger partial charge in [-0.25, -0.2) is 4.98 Å². The molecule has 1 saturated carbocycles. The molecule has 0 aromatic carbocycles.